The minimum atomic E-state index is 0.237. The summed E-state index contributed by atoms with van der Waals surface area (Å²) in [6.07, 6.45) is 1.03. The summed E-state index contributed by atoms with van der Waals surface area (Å²) in [5.74, 6) is 0.829. The average molecular weight is 374 g/mol. The predicted molar refractivity (Wildman–Crippen MR) is 101 cm³/mol. The second-order valence-corrected chi connectivity index (χ2v) is 7.16. The van der Waals surface area contributed by atoms with E-state index in [1.54, 1.807) is 0 Å². The van der Waals surface area contributed by atoms with Gasteiger partial charge in [-0.1, -0.05) is 0 Å². The third kappa shape index (κ3) is 5.57. The van der Waals surface area contributed by atoms with Crippen molar-refractivity contribution in [3.8, 4) is 12.1 Å². The molecule has 27 heavy (non-hydrogen) atoms. The highest BCUT2D eigenvalue weighted by Gasteiger charge is 2.28. The van der Waals surface area contributed by atoms with Gasteiger partial charge in [-0.05, 0) is 6.42 Å². The standard InChI is InChI=1S/C19H30N6O2/c20-16-18(17-21)19-24(3-1-2-22-8-12-26-13-9-22)6-7-25(19)5-4-23-10-14-27-15-11-23/h1-15H2. The summed E-state index contributed by atoms with van der Waals surface area (Å²) in [5.41, 5.74) is 0.237. The van der Waals surface area contributed by atoms with Crippen LogP contribution in [0.4, 0.5) is 0 Å². The van der Waals surface area contributed by atoms with E-state index >= 15 is 0 Å². The Morgan fingerprint density at radius 3 is 1.78 bits per heavy atom. The number of hydrogen-bond donors (Lipinski definition) is 0. The Morgan fingerprint density at radius 1 is 0.704 bits per heavy atom. The Labute approximate surface area is 162 Å². The Morgan fingerprint density at radius 2 is 1.22 bits per heavy atom. The van der Waals surface area contributed by atoms with Gasteiger partial charge < -0.3 is 19.3 Å². The number of rotatable bonds is 7. The fourth-order valence-corrected chi connectivity index (χ4v) is 3.93. The molecule has 3 aliphatic heterocycles. The van der Waals surface area contributed by atoms with Crippen LogP contribution < -0.4 is 0 Å². The zero-order valence-electron chi connectivity index (χ0n) is 16.1. The molecule has 0 aromatic rings. The van der Waals surface area contributed by atoms with Crippen LogP contribution in [-0.2, 0) is 9.47 Å². The van der Waals surface area contributed by atoms with Crippen molar-refractivity contribution in [1.82, 2.24) is 19.6 Å². The summed E-state index contributed by atoms with van der Waals surface area (Å²) in [4.78, 5) is 9.25. The fraction of sp³-hybridized carbons (Fsp3) is 0.789. The predicted octanol–water partition coefficient (Wildman–Crippen LogP) is -0.0827. The van der Waals surface area contributed by atoms with Crippen molar-refractivity contribution in [3.05, 3.63) is 11.4 Å². The van der Waals surface area contributed by atoms with Crippen molar-refractivity contribution in [2.24, 2.45) is 0 Å². The van der Waals surface area contributed by atoms with E-state index in [4.69, 9.17) is 9.47 Å². The summed E-state index contributed by atoms with van der Waals surface area (Å²) >= 11 is 0. The molecule has 0 saturated carbocycles. The summed E-state index contributed by atoms with van der Waals surface area (Å²) in [5, 5.41) is 18.9. The third-order valence-electron chi connectivity index (χ3n) is 5.48. The summed E-state index contributed by atoms with van der Waals surface area (Å²) in [7, 11) is 0. The maximum absolute atomic E-state index is 9.44. The Hall–Kier alpha value is -1.84. The van der Waals surface area contributed by atoms with Crippen molar-refractivity contribution in [3.63, 3.8) is 0 Å². The number of allylic oxidation sites excluding steroid dienone is 1. The number of ether oxygens (including phenoxy) is 2. The summed E-state index contributed by atoms with van der Waals surface area (Å²) in [6, 6.07) is 4.21. The van der Waals surface area contributed by atoms with Crippen LogP contribution in [0.2, 0.25) is 0 Å². The van der Waals surface area contributed by atoms with E-state index < -0.39 is 0 Å². The first-order valence-electron chi connectivity index (χ1n) is 9.96. The highest BCUT2D eigenvalue weighted by atomic mass is 16.5. The van der Waals surface area contributed by atoms with Crippen molar-refractivity contribution < 1.29 is 9.47 Å². The molecular weight excluding hydrogens is 344 g/mol. The zero-order chi connectivity index (χ0) is 18.9. The van der Waals surface area contributed by atoms with Crippen molar-refractivity contribution in [2.45, 2.75) is 6.42 Å². The largest absolute Gasteiger partial charge is 0.379 e. The molecule has 3 heterocycles. The van der Waals surface area contributed by atoms with Crippen molar-refractivity contribution in [1.29, 1.82) is 10.5 Å². The van der Waals surface area contributed by atoms with Crippen molar-refractivity contribution >= 4 is 0 Å². The molecule has 3 saturated heterocycles. The summed E-state index contributed by atoms with van der Waals surface area (Å²) < 4.78 is 10.8. The molecule has 0 amide bonds. The van der Waals surface area contributed by atoms with E-state index in [1.807, 2.05) is 0 Å². The molecule has 0 spiro atoms. The van der Waals surface area contributed by atoms with Gasteiger partial charge >= 0.3 is 0 Å². The molecule has 0 aliphatic carbocycles. The molecule has 0 atom stereocenters. The number of nitrogens with zero attached hydrogens (tertiary/aromatic N) is 6. The van der Waals surface area contributed by atoms with E-state index in [0.29, 0.717) is 0 Å². The normalized spacial score (nSPS) is 21.9. The molecule has 0 bridgehead atoms. The molecule has 8 nitrogen and oxygen atoms in total. The van der Waals surface area contributed by atoms with Gasteiger partial charge in [-0.25, -0.2) is 0 Å². The molecule has 0 aromatic carbocycles. The molecular formula is C19H30N6O2. The third-order valence-corrected chi connectivity index (χ3v) is 5.48. The Balaban J connectivity index is 1.54. The second-order valence-electron chi connectivity index (χ2n) is 7.16. The SMILES string of the molecule is N#CC(C#N)=C1N(CCCN2CCOCC2)CCN1CCN1CCOCC1. The lowest BCUT2D eigenvalue weighted by atomic mass is 10.2. The smallest absolute Gasteiger partial charge is 0.169 e. The fourth-order valence-electron chi connectivity index (χ4n) is 3.93. The van der Waals surface area contributed by atoms with Gasteiger partial charge in [0.05, 0.1) is 26.4 Å². The molecule has 3 aliphatic rings. The maximum Gasteiger partial charge on any atom is 0.169 e. The van der Waals surface area contributed by atoms with E-state index in [0.717, 1.165) is 104 Å². The van der Waals surface area contributed by atoms with Crippen LogP contribution in [0, 0.1) is 22.7 Å². The highest BCUT2D eigenvalue weighted by molar-refractivity contribution is 5.40. The van der Waals surface area contributed by atoms with E-state index in [9.17, 15) is 10.5 Å². The zero-order valence-corrected chi connectivity index (χ0v) is 16.1. The molecule has 3 rings (SSSR count). The lowest BCUT2D eigenvalue weighted by Crippen LogP contribution is -2.41. The van der Waals surface area contributed by atoms with Gasteiger partial charge in [0.1, 0.15) is 18.0 Å². The lowest BCUT2D eigenvalue weighted by molar-refractivity contribution is 0.0348. The van der Waals surface area contributed by atoms with Gasteiger partial charge in [0.25, 0.3) is 0 Å². The minimum absolute atomic E-state index is 0.237. The van der Waals surface area contributed by atoms with Crippen LogP contribution >= 0.6 is 0 Å². The quantitative estimate of drug-likeness (QED) is 0.573. The van der Waals surface area contributed by atoms with Gasteiger partial charge in [0, 0.05) is 65.4 Å². The summed E-state index contributed by atoms with van der Waals surface area (Å²) in [6.45, 7) is 12.6. The van der Waals surface area contributed by atoms with Crippen LogP contribution in [0.25, 0.3) is 0 Å². The van der Waals surface area contributed by atoms with Gasteiger partial charge in [0.15, 0.2) is 5.57 Å². The van der Waals surface area contributed by atoms with Crippen LogP contribution in [0.15, 0.2) is 11.4 Å². The lowest BCUT2D eigenvalue weighted by Gasteiger charge is -2.31. The molecule has 3 fully saturated rings. The average Bonchev–Trinajstić information content (AvgIpc) is 3.12. The molecule has 8 heteroatoms. The van der Waals surface area contributed by atoms with Gasteiger partial charge in [-0.2, -0.15) is 10.5 Å². The molecule has 0 radical (unpaired) electrons. The van der Waals surface area contributed by atoms with Crippen LogP contribution in [0.3, 0.4) is 0 Å². The molecule has 0 N–H and O–H groups in total. The maximum atomic E-state index is 9.44. The first kappa shape index (κ1) is 19.9. The Bertz CT molecular complexity index is 568. The first-order chi connectivity index (χ1) is 13.3. The van der Waals surface area contributed by atoms with Crippen LogP contribution in [-0.4, -0.2) is 111 Å². The van der Waals surface area contributed by atoms with E-state index in [-0.39, 0.29) is 5.57 Å². The highest BCUT2D eigenvalue weighted by Crippen LogP contribution is 2.22. The van der Waals surface area contributed by atoms with Gasteiger partial charge in [0.2, 0.25) is 0 Å². The number of hydrogen-bond acceptors (Lipinski definition) is 8. The van der Waals surface area contributed by atoms with E-state index in [2.05, 4.69) is 31.7 Å². The van der Waals surface area contributed by atoms with Crippen LogP contribution in [0.1, 0.15) is 6.42 Å². The van der Waals surface area contributed by atoms with Crippen LogP contribution in [0.5, 0.6) is 0 Å². The molecule has 0 aromatic heterocycles. The monoisotopic (exact) mass is 374 g/mol. The van der Waals surface area contributed by atoms with E-state index in [1.165, 1.54) is 0 Å². The second kappa shape index (κ2) is 10.5. The molecule has 0 unspecified atom stereocenters. The topological polar surface area (TPSA) is 79.0 Å². The van der Waals surface area contributed by atoms with Gasteiger partial charge in [-0.15, -0.1) is 0 Å². The van der Waals surface area contributed by atoms with Gasteiger partial charge in [-0.3, -0.25) is 9.80 Å². The van der Waals surface area contributed by atoms with Crippen molar-refractivity contribution in [2.75, 3.05) is 91.9 Å². The first-order valence-corrected chi connectivity index (χ1v) is 9.96. The molecule has 148 valence electrons. The minimum Gasteiger partial charge on any atom is -0.379 e. The Kier molecular flexibility index (Phi) is 7.73. The number of nitriles is 2. The number of morpholine rings is 2.